The van der Waals surface area contributed by atoms with Crippen LogP contribution in [0, 0.1) is 0 Å². The molecule has 1 rings (SSSR count). The molecular weight excluding hydrogens is 254 g/mol. The third kappa shape index (κ3) is 6.68. The normalized spacial score (nSPS) is 21.5. The van der Waals surface area contributed by atoms with Gasteiger partial charge < -0.3 is 20.6 Å². The van der Waals surface area contributed by atoms with Crippen LogP contribution in [-0.4, -0.2) is 60.8 Å². The molecule has 5 heteroatoms. The molecule has 0 aromatic carbocycles. The summed E-state index contributed by atoms with van der Waals surface area (Å²) in [6.07, 6.45) is 5.90. The van der Waals surface area contributed by atoms with Gasteiger partial charge in [-0.3, -0.25) is 4.79 Å². The first-order valence-electron chi connectivity index (χ1n) is 7.71. The number of likely N-dealkylation sites (N-methyl/N-ethyl adjacent to an activating group) is 1. The van der Waals surface area contributed by atoms with Gasteiger partial charge in [-0.1, -0.05) is 19.3 Å². The Morgan fingerprint density at radius 2 is 1.95 bits per heavy atom. The topological polar surface area (TPSA) is 64.6 Å². The van der Waals surface area contributed by atoms with Gasteiger partial charge in [0.1, 0.15) is 0 Å². The minimum Gasteiger partial charge on any atom is -0.388 e. The summed E-state index contributed by atoms with van der Waals surface area (Å²) in [5.74, 6) is 0.0394. The fourth-order valence-electron chi connectivity index (χ4n) is 2.78. The van der Waals surface area contributed by atoms with Gasteiger partial charge in [-0.15, -0.1) is 0 Å². The van der Waals surface area contributed by atoms with Gasteiger partial charge >= 0.3 is 0 Å². The van der Waals surface area contributed by atoms with Gasteiger partial charge in [-0.05, 0) is 40.8 Å². The zero-order chi connectivity index (χ0) is 15.2. The Labute approximate surface area is 123 Å². The number of nitrogens with zero attached hydrogens (tertiary/aromatic N) is 1. The van der Waals surface area contributed by atoms with Gasteiger partial charge in [0.05, 0.1) is 11.6 Å². The maximum atomic E-state index is 12.1. The van der Waals surface area contributed by atoms with Crippen LogP contribution < -0.4 is 10.6 Å². The molecule has 0 heterocycles. The standard InChI is InChI=1S/C15H31N3O2/c1-12(16-10-15(2,20)11-18(3)4)14(19)17-13-8-6-5-7-9-13/h12-13,16,20H,5-11H2,1-4H3,(H,17,19). The predicted molar refractivity (Wildman–Crippen MR) is 81.7 cm³/mol. The fraction of sp³-hybridized carbons (Fsp3) is 0.933. The van der Waals surface area contributed by atoms with Crippen LogP contribution in [0.2, 0.25) is 0 Å². The van der Waals surface area contributed by atoms with E-state index >= 15 is 0 Å². The minimum atomic E-state index is -0.830. The molecule has 3 N–H and O–H groups in total. The van der Waals surface area contributed by atoms with Crippen LogP contribution in [0.25, 0.3) is 0 Å². The van der Waals surface area contributed by atoms with Crippen molar-refractivity contribution in [1.82, 2.24) is 15.5 Å². The molecule has 20 heavy (non-hydrogen) atoms. The molecule has 0 spiro atoms. The van der Waals surface area contributed by atoms with Crippen molar-refractivity contribution >= 4 is 5.91 Å². The molecule has 1 saturated carbocycles. The Bertz CT molecular complexity index is 299. The van der Waals surface area contributed by atoms with Crippen molar-refractivity contribution in [2.24, 2.45) is 0 Å². The molecule has 2 unspecified atom stereocenters. The monoisotopic (exact) mass is 285 g/mol. The lowest BCUT2D eigenvalue weighted by atomic mass is 9.95. The Balaban J connectivity index is 2.30. The quantitative estimate of drug-likeness (QED) is 0.645. The lowest BCUT2D eigenvalue weighted by Crippen LogP contribution is -2.52. The molecule has 1 aliphatic carbocycles. The van der Waals surface area contributed by atoms with E-state index < -0.39 is 5.60 Å². The number of hydrogen-bond donors (Lipinski definition) is 3. The first kappa shape index (κ1) is 17.4. The highest BCUT2D eigenvalue weighted by molar-refractivity contribution is 5.81. The molecule has 0 aromatic heterocycles. The van der Waals surface area contributed by atoms with Crippen LogP contribution >= 0.6 is 0 Å². The van der Waals surface area contributed by atoms with Crippen molar-refractivity contribution in [2.45, 2.75) is 63.6 Å². The third-order valence-corrected chi connectivity index (χ3v) is 3.79. The van der Waals surface area contributed by atoms with E-state index in [1.165, 1.54) is 19.3 Å². The molecular formula is C15H31N3O2. The van der Waals surface area contributed by atoms with Crippen molar-refractivity contribution in [2.75, 3.05) is 27.2 Å². The van der Waals surface area contributed by atoms with Crippen molar-refractivity contribution < 1.29 is 9.90 Å². The summed E-state index contributed by atoms with van der Waals surface area (Å²) in [5, 5.41) is 16.4. The second kappa shape index (κ2) is 7.96. The lowest BCUT2D eigenvalue weighted by Gasteiger charge is -2.29. The molecule has 2 atom stereocenters. The Hall–Kier alpha value is -0.650. The molecule has 1 amide bonds. The molecule has 0 aromatic rings. The van der Waals surface area contributed by atoms with Gasteiger partial charge in [0.25, 0.3) is 0 Å². The van der Waals surface area contributed by atoms with Crippen LogP contribution in [0.3, 0.4) is 0 Å². The van der Waals surface area contributed by atoms with E-state index in [-0.39, 0.29) is 11.9 Å². The summed E-state index contributed by atoms with van der Waals surface area (Å²) in [5.41, 5.74) is -0.830. The summed E-state index contributed by atoms with van der Waals surface area (Å²) >= 11 is 0. The predicted octanol–water partition coefficient (Wildman–Crippen LogP) is 0.726. The van der Waals surface area contributed by atoms with Gasteiger partial charge in [0, 0.05) is 19.1 Å². The average Bonchev–Trinajstić information content (AvgIpc) is 2.35. The van der Waals surface area contributed by atoms with E-state index in [4.69, 9.17) is 0 Å². The SMILES string of the molecule is CC(NCC(C)(O)CN(C)C)C(=O)NC1CCCCC1. The first-order valence-corrected chi connectivity index (χ1v) is 7.71. The van der Waals surface area contributed by atoms with Gasteiger partial charge in [0.15, 0.2) is 0 Å². The van der Waals surface area contributed by atoms with Crippen LogP contribution in [0.15, 0.2) is 0 Å². The van der Waals surface area contributed by atoms with E-state index in [1.54, 1.807) is 6.92 Å². The minimum absolute atomic E-state index is 0.0394. The molecule has 5 nitrogen and oxygen atoms in total. The number of hydrogen-bond acceptors (Lipinski definition) is 4. The lowest BCUT2D eigenvalue weighted by molar-refractivity contribution is -0.123. The van der Waals surface area contributed by atoms with Crippen LogP contribution in [-0.2, 0) is 4.79 Å². The molecule has 118 valence electrons. The second-order valence-corrected chi connectivity index (χ2v) is 6.68. The van der Waals surface area contributed by atoms with E-state index in [9.17, 15) is 9.90 Å². The summed E-state index contributed by atoms with van der Waals surface area (Å²) in [6.45, 7) is 4.61. The largest absolute Gasteiger partial charge is 0.388 e. The summed E-state index contributed by atoms with van der Waals surface area (Å²) in [4.78, 5) is 14.0. The van der Waals surface area contributed by atoms with Crippen molar-refractivity contribution in [3.8, 4) is 0 Å². The molecule has 0 saturated heterocycles. The molecule has 1 fully saturated rings. The zero-order valence-corrected chi connectivity index (χ0v) is 13.4. The fourth-order valence-corrected chi connectivity index (χ4v) is 2.78. The van der Waals surface area contributed by atoms with Crippen molar-refractivity contribution in [1.29, 1.82) is 0 Å². The Morgan fingerprint density at radius 3 is 2.50 bits per heavy atom. The Kier molecular flexibility index (Phi) is 6.92. The number of amides is 1. The van der Waals surface area contributed by atoms with E-state index in [0.29, 0.717) is 19.1 Å². The smallest absolute Gasteiger partial charge is 0.237 e. The second-order valence-electron chi connectivity index (χ2n) is 6.68. The van der Waals surface area contributed by atoms with Crippen LogP contribution in [0.5, 0.6) is 0 Å². The highest BCUT2D eigenvalue weighted by Gasteiger charge is 2.24. The zero-order valence-electron chi connectivity index (χ0n) is 13.4. The maximum absolute atomic E-state index is 12.1. The van der Waals surface area contributed by atoms with Gasteiger partial charge in [-0.2, -0.15) is 0 Å². The summed E-state index contributed by atoms with van der Waals surface area (Å²) in [6, 6.07) is 0.0633. The van der Waals surface area contributed by atoms with Crippen LogP contribution in [0.4, 0.5) is 0 Å². The van der Waals surface area contributed by atoms with E-state index in [2.05, 4.69) is 10.6 Å². The van der Waals surface area contributed by atoms with Crippen molar-refractivity contribution in [3.63, 3.8) is 0 Å². The highest BCUT2D eigenvalue weighted by atomic mass is 16.3. The van der Waals surface area contributed by atoms with Gasteiger partial charge in [0.2, 0.25) is 5.91 Å². The molecule has 0 radical (unpaired) electrons. The summed E-state index contributed by atoms with van der Waals surface area (Å²) in [7, 11) is 3.85. The van der Waals surface area contributed by atoms with E-state index in [0.717, 1.165) is 12.8 Å². The van der Waals surface area contributed by atoms with E-state index in [1.807, 2.05) is 25.9 Å². The summed E-state index contributed by atoms with van der Waals surface area (Å²) < 4.78 is 0. The number of aliphatic hydroxyl groups is 1. The number of nitrogens with one attached hydrogen (secondary N) is 2. The number of carbonyl (C=O) groups is 1. The highest BCUT2D eigenvalue weighted by Crippen LogP contribution is 2.17. The molecule has 1 aliphatic rings. The van der Waals surface area contributed by atoms with Crippen molar-refractivity contribution in [3.05, 3.63) is 0 Å². The Morgan fingerprint density at radius 1 is 1.35 bits per heavy atom. The third-order valence-electron chi connectivity index (χ3n) is 3.79. The van der Waals surface area contributed by atoms with Gasteiger partial charge in [-0.25, -0.2) is 0 Å². The number of carbonyl (C=O) groups excluding carboxylic acids is 1. The maximum Gasteiger partial charge on any atom is 0.237 e. The molecule has 0 bridgehead atoms. The first-order chi connectivity index (χ1) is 9.30. The number of rotatable bonds is 7. The van der Waals surface area contributed by atoms with Crippen LogP contribution in [0.1, 0.15) is 46.0 Å². The average molecular weight is 285 g/mol. The molecule has 0 aliphatic heterocycles.